The first kappa shape index (κ1) is 28.6. The predicted octanol–water partition coefficient (Wildman–Crippen LogP) is 6.10. The molecule has 0 rings (SSSR count). The van der Waals surface area contributed by atoms with Crippen molar-refractivity contribution in [1.29, 1.82) is 0 Å². The van der Waals surface area contributed by atoms with Crippen molar-refractivity contribution in [2.24, 2.45) is 10.8 Å². The monoisotopic (exact) mass is 429 g/mol. The van der Waals surface area contributed by atoms with Crippen molar-refractivity contribution in [2.75, 3.05) is 19.8 Å². The zero-order chi connectivity index (χ0) is 22.6. The average Bonchev–Trinajstić information content (AvgIpc) is 2.61. The van der Waals surface area contributed by atoms with E-state index in [9.17, 15) is 4.79 Å². The summed E-state index contributed by atoms with van der Waals surface area (Å²) >= 11 is 0. The van der Waals surface area contributed by atoms with Gasteiger partial charge in [0.25, 0.3) is 0 Å². The van der Waals surface area contributed by atoms with Crippen LogP contribution in [0, 0.1) is 10.8 Å². The molecule has 0 aliphatic carbocycles. The smallest absolute Gasteiger partial charge is 0.243 e. The van der Waals surface area contributed by atoms with Crippen molar-refractivity contribution in [3.05, 3.63) is 12.7 Å². The van der Waals surface area contributed by atoms with Crippen LogP contribution in [0.4, 0.5) is 0 Å². The van der Waals surface area contributed by atoms with Crippen molar-refractivity contribution in [3.8, 4) is 0 Å². The molecule has 0 aromatic carbocycles. The molecule has 3 atom stereocenters. The number of carbonyl (C=O) groups is 1. The van der Waals surface area contributed by atoms with Crippen molar-refractivity contribution < 1.29 is 14.3 Å². The number of ether oxygens (including phenoxy) is 2. The molecule has 0 heterocycles. The topological polar surface area (TPSA) is 47.6 Å². The molecule has 172 valence electrons. The lowest BCUT2D eigenvalue weighted by Gasteiger charge is -2.29. The van der Waals surface area contributed by atoms with Crippen LogP contribution >= 0.6 is 9.24 Å². The van der Waals surface area contributed by atoms with E-state index in [1.807, 2.05) is 0 Å². The maximum Gasteiger partial charge on any atom is 0.243 e. The van der Waals surface area contributed by atoms with E-state index in [1.165, 1.54) is 12.5 Å². The highest BCUT2D eigenvalue weighted by Gasteiger charge is 2.22. The molecule has 1 N–H and O–H groups in total. The van der Waals surface area contributed by atoms with E-state index in [4.69, 9.17) is 9.47 Å². The van der Waals surface area contributed by atoms with Crippen molar-refractivity contribution in [1.82, 2.24) is 5.32 Å². The molecule has 0 saturated heterocycles. The van der Waals surface area contributed by atoms with Crippen LogP contribution in [-0.2, 0) is 14.3 Å². The van der Waals surface area contributed by atoms with Gasteiger partial charge in [-0.2, -0.15) is 0 Å². The Kier molecular flexibility index (Phi) is 13.6. The second-order valence-electron chi connectivity index (χ2n) is 10.6. The summed E-state index contributed by atoms with van der Waals surface area (Å²) in [6.07, 6.45) is 8.98. The van der Waals surface area contributed by atoms with Crippen LogP contribution in [-0.4, -0.2) is 37.1 Å². The number of amides is 1. The highest BCUT2D eigenvalue weighted by molar-refractivity contribution is 7.18. The molecule has 3 unspecified atom stereocenters. The molecule has 29 heavy (non-hydrogen) atoms. The van der Waals surface area contributed by atoms with Crippen LogP contribution in [0.25, 0.3) is 0 Å². The summed E-state index contributed by atoms with van der Waals surface area (Å²) < 4.78 is 12.2. The van der Waals surface area contributed by atoms with Gasteiger partial charge in [0.1, 0.15) is 0 Å². The normalized spacial score (nSPS) is 15.6. The zero-order valence-electron chi connectivity index (χ0n) is 20.2. The summed E-state index contributed by atoms with van der Waals surface area (Å²) in [6, 6.07) is 0. The summed E-state index contributed by atoms with van der Waals surface area (Å²) in [5, 5.41) is 2.60. The number of unbranched alkanes of at least 4 members (excludes halogenated alkanes) is 1. The van der Waals surface area contributed by atoms with Gasteiger partial charge in [0.2, 0.25) is 5.91 Å². The molecule has 0 spiro atoms. The van der Waals surface area contributed by atoms with Gasteiger partial charge in [-0.05, 0) is 75.7 Å². The summed E-state index contributed by atoms with van der Waals surface area (Å²) in [6.45, 7) is 21.4. The Morgan fingerprint density at radius 2 is 1.72 bits per heavy atom. The summed E-state index contributed by atoms with van der Waals surface area (Å²) in [5.41, 5.74) is 0.537. The Labute approximate surface area is 183 Å². The van der Waals surface area contributed by atoms with Gasteiger partial charge in [-0.3, -0.25) is 4.79 Å². The third-order valence-electron chi connectivity index (χ3n) is 5.07. The second-order valence-corrected chi connectivity index (χ2v) is 11.8. The lowest BCUT2D eigenvalue weighted by Crippen LogP contribution is -2.26. The zero-order valence-corrected chi connectivity index (χ0v) is 21.4. The maximum atomic E-state index is 11.1. The first-order valence-corrected chi connectivity index (χ1v) is 11.8. The third kappa shape index (κ3) is 18.1. The molecule has 5 heteroatoms. The lowest BCUT2D eigenvalue weighted by molar-refractivity contribution is -0.116. The van der Waals surface area contributed by atoms with E-state index in [2.05, 4.69) is 69.6 Å². The molecule has 4 nitrogen and oxygen atoms in total. The van der Waals surface area contributed by atoms with Crippen molar-refractivity contribution >= 4 is 15.1 Å². The Hall–Kier alpha value is -0.440. The van der Waals surface area contributed by atoms with Crippen LogP contribution in [0.1, 0.15) is 93.4 Å². The minimum absolute atomic E-state index is 0.106. The van der Waals surface area contributed by atoms with Crippen LogP contribution in [0.15, 0.2) is 12.7 Å². The largest absolute Gasteiger partial charge is 0.378 e. The molecule has 0 radical (unpaired) electrons. The molecule has 1 amide bonds. The highest BCUT2D eigenvalue weighted by Crippen LogP contribution is 2.29. The SMILES string of the molecule is C=CC(=O)NCCCCC(C)(P)OCCCC(C)(C)COC(C)CCC(C)(C)C. The Bertz CT molecular complexity index is 469. The van der Waals surface area contributed by atoms with Gasteiger partial charge in [-0.15, -0.1) is 9.24 Å². The van der Waals surface area contributed by atoms with Gasteiger partial charge in [-0.1, -0.05) is 41.2 Å². The number of nitrogens with one attached hydrogen (secondary N) is 1. The number of hydrogen-bond acceptors (Lipinski definition) is 3. The van der Waals surface area contributed by atoms with E-state index < -0.39 is 0 Å². The number of hydrogen-bond donors (Lipinski definition) is 1. The average molecular weight is 430 g/mol. The quantitative estimate of drug-likeness (QED) is 0.183. The van der Waals surface area contributed by atoms with Gasteiger partial charge in [0, 0.05) is 13.2 Å². The second kappa shape index (κ2) is 13.8. The molecule has 0 bridgehead atoms. The van der Waals surface area contributed by atoms with Gasteiger partial charge in [-0.25, -0.2) is 0 Å². The first-order chi connectivity index (χ1) is 13.3. The van der Waals surface area contributed by atoms with E-state index in [0.29, 0.717) is 18.1 Å². The summed E-state index contributed by atoms with van der Waals surface area (Å²) in [7, 11) is 2.84. The van der Waals surface area contributed by atoms with E-state index in [-0.39, 0.29) is 16.7 Å². The molecule has 0 aliphatic heterocycles. The van der Waals surface area contributed by atoms with Crippen LogP contribution in [0.3, 0.4) is 0 Å². The molecule has 0 aromatic heterocycles. The van der Waals surface area contributed by atoms with Gasteiger partial charge < -0.3 is 14.8 Å². The van der Waals surface area contributed by atoms with E-state index >= 15 is 0 Å². The number of carbonyl (C=O) groups excluding carboxylic acids is 1. The minimum atomic E-state index is -0.204. The molecule has 0 fully saturated rings. The van der Waals surface area contributed by atoms with Gasteiger partial charge >= 0.3 is 0 Å². The first-order valence-electron chi connectivity index (χ1n) is 11.2. The van der Waals surface area contributed by atoms with Crippen LogP contribution in [0.5, 0.6) is 0 Å². The fourth-order valence-corrected chi connectivity index (χ4v) is 3.29. The molecular formula is C24H48NO3P. The molecule has 0 aromatic rings. The molecule has 0 aliphatic rings. The lowest BCUT2D eigenvalue weighted by atomic mass is 9.88. The Morgan fingerprint density at radius 3 is 2.31 bits per heavy atom. The summed E-state index contributed by atoms with van der Waals surface area (Å²) in [4.78, 5) is 11.1. The van der Waals surface area contributed by atoms with E-state index in [1.54, 1.807) is 0 Å². The minimum Gasteiger partial charge on any atom is -0.378 e. The van der Waals surface area contributed by atoms with Crippen LogP contribution < -0.4 is 5.32 Å². The molecule has 0 saturated carbocycles. The van der Waals surface area contributed by atoms with E-state index in [0.717, 1.165) is 51.7 Å². The third-order valence-corrected chi connectivity index (χ3v) is 5.53. The van der Waals surface area contributed by atoms with Crippen molar-refractivity contribution in [2.45, 2.75) is 105 Å². The fourth-order valence-electron chi connectivity index (χ4n) is 2.97. The summed E-state index contributed by atoms with van der Waals surface area (Å²) in [5.74, 6) is -0.106. The van der Waals surface area contributed by atoms with Crippen LogP contribution in [0.2, 0.25) is 0 Å². The van der Waals surface area contributed by atoms with Crippen molar-refractivity contribution in [3.63, 3.8) is 0 Å². The Balaban J connectivity index is 3.93. The molecular weight excluding hydrogens is 381 g/mol. The Morgan fingerprint density at radius 1 is 1.07 bits per heavy atom. The highest BCUT2D eigenvalue weighted by atomic mass is 31.0. The standard InChI is InChI=1S/C24H48NO3P/c1-9-21(26)25-17-11-10-15-24(8,29)28-18-12-14-23(6,7)19-27-20(2)13-16-22(3,4)5/h9,20H,1,10-19,29H2,2-8H3,(H,25,26). The predicted molar refractivity (Wildman–Crippen MR) is 128 cm³/mol. The van der Waals surface area contributed by atoms with Gasteiger partial charge in [0.15, 0.2) is 0 Å². The fraction of sp³-hybridized carbons (Fsp3) is 0.875. The van der Waals surface area contributed by atoms with Gasteiger partial charge in [0.05, 0.1) is 18.1 Å². The maximum absolute atomic E-state index is 11.1. The number of rotatable bonds is 16.